The second-order valence-corrected chi connectivity index (χ2v) is 12.7. The van der Waals surface area contributed by atoms with Gasteiger partial charge in [-0.2, -0.15) is 0 Å². The highest BCUT2D eigenvalue weighted by molar-refractivity contribution is 5.95. The molecule has 2 aliphatic rings. The molecule has 2 atom stereocenters. The molecule has 47 heavy (non-hydrogen) atoms. The van der Waals surface area contributed by atoms with Crippen molar-refractivity contribution in [1.82, 2.24) is 14.7 Å². The van der Waals surface area contributed by atoms with Gasteiger partial charge in [-0.15, -0.1) is 0 Å². The first kappa shape index (κ1) is 35.5. The van der Waals surface area contributed by atoms with Crippen LogP contribution in [0.3, 0.4) is 0 Å². The lowest BCUT2D eigenvalue weighted by Crippen LogP contribution is -2.45. The minimum Gasteiger partial charge on any atom is -0.493 e. The molecular formula is C35H48N4O8. The predicted octanol–water partition coefficient (Wildman–Crippen LogP) is 4.38. The van der Waals surface area contributed by atoms with Crippen molar-refractivity contribution < 1.29 is 38.5 Å². The van der Waals surface area contributed by atoms with Gasteiger partial charge in [0, 0.05) is 88.4 Å². The molecule has 256 valence electrons. The second-order valence-electron chi connectivity index (χ2n) is 12.7. The second kappa shape index (κ2) is 16.5. The van der Waals surface area contributed by atoms with Gasteiger partial charge in [-0.1, -0.05) is 12.1 Å². The number of carbonyl (C=O) groups excluding carboxylic acids is 3. The van der Waals surface area contributed by atoms with Gasteiger partial charge in [0.2, 0.25) is 11.8 Å². The zero-order valence-corrected chi connectivity index (χ0v) is 28.1. The average Bonchev–Trinajstić information content (AvgIpc) is 3.79. The van der Waals surface area contributed by atoms with E-state index in [4.69, 9.17) is 14.2 Å². The van der Waals surface area contributed by atoms with E-state index >= 15 is 0 Å². The Hall–Kier alpha value is -4.32. The Labute approximate surface area is 276 Å². The highest BCUT2D eigenvalue weighted by Gasteiger charge is 2.42. The first-order valence-electron chi connectivity index (χ1n) is 16.2. The number of rotatable bonds is 16. The minimum absolute atomic E-state index is 0.0342. The van der Waals surface area contributed by atoms with Crippen molar-refractivity contribution in [3.05, 3.63) is 53.6 Å². The number of nitrogens with zero attached hydrogens (tertiary/aromatic N) is 3. The number of hydrogen-bond donors (Lipinski definition) is 2. The SMILES string of the molecule is COCCCOc1cc(C(=O)N(C[C@@H]2CN(C(=O)O)C[C@H]2CN(C(=O)Cc2cccc(NC(C)=O)c2)C2CC2)C(C)C)ccc1OC. The third-order valence-electron chi connectivity index (χ3n) is 8.67. The smallest absolute Gasteiger partial charge is 0.407 e. The summed E-state index contributed by atoms with van der Waals surface area (Å²) in [5, 5.41) is 12.7. The zero-order chi connectivity index (χ0) is 34.1. The van der Waals surface area contributed by atoms with Crippen molar-refractivity contribution in [2.24, 2.45) is 11.8 Å². The van der Waals surface area contributed by atoms with E-state index in [1.54, 1.807) is 49.5 Å². The summed E-state index contributed by atoms with van der Waals surface area (Å²) in [6.45, 7) is 7.59. The maximum Gasteiger partial charge on any atom is 0.407 e. The molecular weight excluding hydrogens is 604 g/mol. The number of carbonyl (C=O) groups is 4. The van der Waals surface area contributed by atoms with Crippen LogP contribution in [-0.4, -0.2) is 109 Å². The Morgan fingerprint density at radius 3 is 2.32 bits per heavy atom. The number of ether oxygens (including phenoxy) is 3. The molecule has 1 saturated heterocycles. The molecule has 2 aromatic rings. The highest BCUT2D eigenvalue weighted by Crippen LogP contribution is 2.34. The van der Waals surface area contributed by atoms with Crippen molar-refractivity contribution in [1.29, 1.82) is 0 Å². The van der Waals surface area contributed by atoms with Crippen molar-refractivity contribution in [3.8, 4) is 11.5 Å². The number of benzene rings is 2. The lowest BCUT2D eigenvalue weighted by Gasteiger charge is -2.33. The van der Waals surface area contributed by atoms with Gasteiger partial charge in [0.1, 0.15) is 0 Å². The van der Waals surface area contributed by atoms with Crippen LogP contribution in [-0.2, 0) is 20.7 Å². The van der Waals surface area contributed by atoms with E-state index in [2.05, 4.69) is 5.32 Å². The Bertz CT molecular complexity index is 1410. The van der Waals surface area contributed by atoms with E-state index < -0.39 is 6.09 Å². The summed E-state index contributed by atoms with van der Waals surface area (Å²) in [4.78, 5) is 56.3. The lowest BCUT2D eigenvalue weighted by molar-refractivity contribution is -0.131. The monoisotopic (exact) mass is 652 g/mol. The lowest BCUT2D eigenvalue weighted by atomic mass is 9.93. The molecule has 12 nitrogen and oxygen atoms in total. The van der Waals surface area contributed by atoms with Crippen LogP contribution < -0.4 is 14.8 Å². The van der Waals surface area contributed by atoms with Crippen LogP contribution in [0.25, 0.3) is 0 Å². The van der Waals surface area contributed by atoms with Crippen LogP contribution >= 0.6 is 0 Å². The molecule has 0 spiro atoms. The normalized spacial score (nSPS) is 17.4. The van der Waals surface area contributed by atoms with Crippen LogP contribution in [0.4, 0.5) is 10.5 Å². The summed E-state index contributed by atoms with van der Waals surface area (Å²) in [5.74, 6) is 0.267. The third-order valence-corrected chi connectivity index (χ3v) is 8.67. The van der Waals surface area contributed by atoms with E-state index in [0.717, 1.165) is 18.4 Å². The number of anilines is 1. The first-order valence-corrected chi connectivity index (χ1v) is 16.2. The Morgan fingerprint density at radius 2 is 1.70 bits per heavy atom. The van der Waals surface area contributed by atoms with E-state index in [-0.39, 0.29) is 61.2 Å². The van der Waals surface area contributed by atoms with Crippen LogP contribution in [0.2, 0.25) is 0 Å². The van der Waals surface area contributed by atoms with Gasteiger partial charge in [0.05, 0.1) is 20.1 Å². The number of carboxylic acid groups (broad SMARTS) is 1. The standard InChI is InChI=1S/C35H48N4O8/c1-23(2)38(34(42)26-10-13-31(46-5)32(18-26)47-15-7-14-45-4)21-27-19-37(35(43)44)20-28(27)22-39(30-11-12-30)33(41)17-25-8-6-9-29(16-25)36-24(3)40/h6,8-10,13,16,18,23,27-28,30H,7,11-12,14-15,17,19-22H2,1-5H3,(H,36,40)(H,43,44)/t27-,28-/m0/s1. The Morgan fingerprint density at radius 1 is 0.979 bits per heavy atom. The van der Waals surface area contributed by atoms with Crippen LogP contribution in [0, 0.1) is 11.8 Å². The molecule has 12 heteroatoms. The summed E-state index contributed by atoms with van der Waals surface area (Å²) < 4.78 is 16.5. The van der Waals surface area contributed by atoms with Gasteiger partial charge >= 0.3 is 6.09 Å². The summed E-state index contributed by atoms with van der Waals surface area (Å²) in [6, 6.07) is 12.3. The van der Waals surface area contributed by atoms with Crippen LogP contribution in [0.15, 0.2) is 42.5 Å². The Kier molecular flexibility index (Phi) is 12.5. The number of likely N-dealkylation sites (tertiary alicyclic amines) is 1. The van der Waals surface area contributed by atoms with E-state index in [1.807, 2.05) is 30.9 Å². The van der Waals surface area contributed by atoms with Gasteiger partial charge in [-0.3, -0.25) is 14.4 Å². The predicted molar refractivity (Wildman–Crippen MR) is 177 cm³/mol. The summed E-state index contributed by atoms with van der Waals surface area (Å²) in [6.07, 6.45) is 1.66. The fourth-order valence-corrected chi connectivity index (χ4v) is 6.10. The van der Waals surface area contributed by atoms with Gasteiger partial charge in [0.15, 0.2) is 11.5 Å². The Balaban J connectivity index is 1.51. The largest absolute Gasteiger partial charge is 0.493 e. The van der Waals surface area contributed by atoms with Gasteiger partial charge in [-0.05, 0) is 62.6 Å². The fraction of sp³-hybridized carbons (Fsp3) is 0.543. The molecule has 2 fully saturated rings. The quantitative estimate of drug-likeness (QED) is 0.255. The number of amides is 4. The number of methoxy groups -OCH3 is 2. The van der Waals surface area contributed by atoms with E-state index in [1.165, 1.54) is 11.8 Å². The molecule has 2 aromatic carbocycles. The van der Waals surface area contributed by atoms with Gasteiger partial charge in [-0.25, -0.2) is 4.79 Å². The molecule has 0 aromatic heterocycles. The van der Waals surface area contributed by atoms with Crippen molar-refractivity contribution in [2.45, 2.75) is 58.5 Å². The molecule has 0 unspecified atom stereocenters. The fourth-order valence-electron chi connectivity index (χ4n) is 6.10. The molecule has 1 aliphatic heterocycles. The molecule has 1 saturated carbocycles. The van der Waals surface area contributed by atoms with Crippen molar-refractivity contribution in [2.75, 3.05) is 58.9 Å². The average molecular weight is 653 g/mol. The van der Waals surface area contributed by atoms with Gasteiger partial charge < -0.3 is 39.3 Å². The molecule has 2 N–H and O–H groups in total. The maximum absolute atomic E-state index is 14.0. The van der Waals surface area contributed by atoms with Crippen LogP contribution in [0.5, 0.6) is 11.5 Å². The molecule has 1 heterocycles. The topological polar surface area (TPSA) is 138 Å². The highest BCUT2D eigenvalue weighted by atomic mass is 16.5. The molecule has 0 bridgehead atoms. The maximum atomic E-state index is 14.0. The summed E-state index contributed by atoms with van der Waals surface area (Å²) in [7, 11) is 3.18. The summed E-state index contributed by atoms with van der Waals surface area (Å²) in [5.41, 5.74) is 1.87. The van der Waals surface area contributed by atoms with E-state index in [9.17, 15) is 24.3 Å². The van der Waals surface area contributed by atoms with Gasteiger partial charge in [0.25, 0.3) is 5.91 Å². The minimum atomic E-state index is -1.01. The van der Waals surface area contributed by atoms with Crippen molar-refractivity contribution >= 4 is 29.5 Å². The molecule has 4 amide bonds. The molecule has 4 rings (SSSR count). The first-order chi connectivity index (χ1) is 22.5. The number of nitrogens with one attached hydrogen (secondary N) is 1. The van der Waals surface area contributed by atoms with Crippen molar-refractivity contribution in [3.63, 3.8) is 0 Å². The van der Waals surface area contributed by atoms with Crippen LogP contribution in [0.1, 0.15) is 56.0 Å². The molecule has 1 aliphatic carbocycles. The summed E-state index contributed by atoms with van der Waals surface area (Å²) >= 11 is 0. The number of hydrogen-bond acceptors (Lipinski definition) is 7. The third kappa shape index (κ3) is 9.84. The van der Waals surface area contributed by atoms with E-state index in [0.29, 0.717) is 55.5 Å². The molecule has 0 radical (unpaired) electrons. The zero-order valence-electron chi connectivity index (χ0n) is 28.1.